The fraction of sp³-hybridized carbons (Fsp3) is 0.292. The predicted molar refractivity (Wildman–Crippen MR) is 117 cm³/mol. The van der Waals surface area contributed by atoms with Gasteiger partial charge in [0.05, 0.1) is 5.69 Å². The summed E-state index contributed by atoms with van der Waals surface area (Å²) >= 11 is 0. The minimum absolute atomic E-state index is 0.118. The van der Waals surface area contributed by atoms with Crippen LogP contribution >= 0.6 is 0 Å². The van der Waals surface area contributed by atoms with Gasteiger partial charge in [0.1, 0.15) is 0 Å². The Kier molecular flexibility index (Phi) is 5.97. The summed E-state index contributed by atoms with van der Waals surface area (Å²) in [5.41, 5.74) is 3.82. The lowest BCUT2D eigenvalue weighted by atomic mass is 9.92. The highest BCUT2D eigenvalue weighted by Crippen LogP contribution is 2.32. The molecule has 5 heteroatoms. The van der Waals surface area contributed by atoms with Crippen molar-refractivity contribution in [2.45, 2.75) is 46.5 Å². The SMILES string of the molecule is Cc1cc(=O)c(C(=O)Nc2c(C(C)C)cccc2C(C)C)nn1-c1ccccc1. The number of rotatable bonds is 5. The van der Waals surface area contributed by atoms with Crippen molar-refractivity contribution >= 4 is 11.6 Å². The summed E-state index contributed by atoms with van der Waals surface area (Å²) < 4.78 is 1.62. The van der Waals surface area contributed by atoms with Gasteiger partial charge < -0.3 is 5.32 Å². The van der Waals surface area contributed by atoms with Crippen LogP contribution in [-0.4, -0.2) is 15.7 Å². The summed E-state index contributed by atoms with van der Waals surface area (Å²) in [5, 5.41) is 7.36. The number of aromatic nitrogens is 2. The molecule has 0 unspecified atom stereocenters. The number of carbonyl (C=O) groups excluding carboxylic acids is 1. The first-order chi connectivity index (χ1) is 13.8. The van der Waals surface area contributed by atoms with Gasteiger partial charge in [0.25, 0.3) is 5.91 Å². The average Bonchev–Trinajstić information content (AvgIpc) is 2.68. The molecule has 1 N–H and O–H groups in total. The smallest absolute Gasteiger partial charge is 0.280 e. The van der Waals surface area contributed by atoms with Crippen LogP contribution < -0.4 is 10.7 Å². The zero-order valence-corrected chi connectivity index (χ0v) is 17.6. The molecule has 0 bridgehead atoms. The number of para-hydroxylation sites is 2. The molecule has 0 fully saturated rings. The maximum Gasteiger partial charge on any atom is 0.280 e. The Morgan fingerprint density at radius 1 is 0.931 bits per heavy atom. The molecule has 5 nitrogen and oxygen atoms in total. The second-order valence-corrected chi connectivity index (χ2v) is 7.82. The maximum absolute atomic E-state index is 13.1. The Morgan fingerprint density at radius 3 is 2.07 bits per heavy atom. The molecule has 1 aromatic heterocycles. The number of hydrogen-bond donors (Lipinski definition) is 1. The molecule has 0 aliphatic rings. The Morgan fingerprint density at radius 2 is 1.52 bits per heavy atom. The number of nitrogens with one attached hydrogen (secondary N) is 1. The second kappa shape index (κ2) is 8.43. The first kappa shape index (κ1) is 20.5. The molecule has 1 amide bonds. The summed E-state index contributed by atoms with van der Waals surface area (Å²) in [5.74, 6) is -0.0263. The summed E-state index contributed by atoms with van der Waals surface area (Å²) in [6.07, 6.45) is 0. The topological polar surface area (TPSA) is 64.0 Å². The molecule has 1 heterocycles. The normalized spacial score (nSPS) is 11.1. The van der Waals surface area contributed by atoms with Crippen molar-refractivity contribution in [3.8, 4) is 5.69 Å². The van der Waals surface area contributed by atoms with E-state index in [0.717, 1.165) is 22.5 Å². The zero-order chi connectivity index (χ0) is 21.1. The highest BCUT2D eigenvalue weighted by atomic mass is 16.2. The van der Waals surface area contributed by atoms with Crippen LogP contribution in [0.1, 0.15) is 66.8 Å². The molecule has 29 heavy (non-hydrogen) atoms. The summed E-state index contributed by atoms with van der Waals surface area (Å²) in [6.45, 7) is 10.1. The van der Waals surface area contributed by atoms with Crippen LogP contribution in [0.5, 0.6) is 0 Å². The lowest BCUT2D eigenvalue weighted by Gasteiger charge is -2.20. The number of aryl methyl sites for hydroxylation is 1. The van der Waals surface area contributed by atoms with Crippen molar-refractivity contribution in [3.63, 3.8) is 0 Å². The quantitative estimate of drug-likeness (QED) is 0.665. The van der Waals surface area contributed by atoms with E-state index in [4.69, 9.17) is 0 Å². The van der Waals surface area contributed by atoms with E-state index in [-0.39, 0.29) is 23.0 Å². The molecule has 2 aromatic carbocycles. The third-order valence-electron chi connectivity index (χ3n) is 4.93. The molecule has 3 rings (SSSR count). The van der Waals surface area contributed by atoms with Gasteiger partial charge in [-0.25, -0.2) is 4.68 Å². The molecule has 0 spiro atoms. The van der Waals surface area contributed by atoms with E-state index >= 15 is 0 Å². The van der Waals surface area contributed by atoms with E-state index in [2.05, 4.69) is 38.1 Å². The van der Waals surface area contributed by atoms with Crippen LogP contribution in [0.2, 0.25) is 0 Å². The van der Waals surface area contributed by atoms with Gasteiger partial charge in [-0.15, -0.1) is 0 Å². The van der Waals surface area contributed by atoms with Gasteiger partial charge >= 0.3 is 0 Å². The highest BCUT2D eigenvalue weighted by Gasteiger charge is 2.20. The molecule has 0 saturated heterocycles. The van der Waals surface area contributed by atoms with Gasteiger partial charge in [-0.2, -0.15) is 5.10 Å². The Labute approximate surface area is 171 Å². The van der Waals surface area contributed by atoms with E-state index < -0.39 is 5.91 Å². The van der Waals surface area contributed by atoms with Gasteiger partial charge in [0.2, 0.25) is 5.43 Å². The van der Waals surface area contributed by atoms with Gasteiger partial charge in [-0.05, 0) is 42.0 Å². The standard InChI is InChI=1S/C24H27N3O2/c1-15(2)19-12-9-13-20(16(3)4)22(19)25-24(29)23-21(28)14-17(5)27(26-23)18-10-7-6-8-11-18/h6-16H,1-5H3,(H,25,29). The molecule has 3 aromatic rings. The molecule has 0 aliphatic heterocycles. The number of anilines is 1. The van der Waals surface area contributed by atoms with Crippen LogP contribution in [0.3, 0.4) is 0 Å². The van der Waals surface area contributed by atoms with Gasteiger partial charge in [0, 0.05) is 17.4 Å². The van der Waals surface area contributed by atoms with E-state index in [1.165, 1.54) is 6.07 Å². The first-order valence-electron chi connectivity index (χ1n) is 9.90. The van der Waals surface area contributed by atoms with Crippen molar-refractivity contribution in [1.82, 2.24) is 9.78 Å². The average molecular weight is 389 g/mol. The van der Waals surface area contributed by atoms with Gasteiger partial charge in [-0.1, -0.05) is 64.1 Å². The molecule has 0 radical (unpaired) electrons. The largest absolute Gasteiger partial charge is 0.320 e. The van der Waals surface area contributed by atoms with Gasteiger partial charge in [0.15, 0.2) is 5.69 Å². The lowest BCUT2D eigenvalue weighted by molar-refractivity contribution is 0.101. The highest BCUT2D eigenvalue weighted by molar-refractivity contribution is 6.03. The number of amides is 1. The third kappa shape index (κ3) is 4.29. The lowest BCUT2D eigenvalue weighted by Crippen LogP contribution is -2.27. The summed E-state index contributed by atoms with van der Waals surface area (Å²) in [4.78, 5) is 25.6. The maximum atomic E-state index is 13.1. The summed E-state index contributed by atoms with van der Waals surface area (Å²) in [6, 6.07) is 16.9. The van der Waals surface area contributed by atoms with E-state index in [1.54, 1.807) is 11.6 Å². The zero-order valence-electron chi connectivity index (χ0n) is 17.6. The summed E-state index contributed by atoms with van der Waals surface area (Å²) in [7, 11) is 0. The first-order valence-corrected chi connectivity index (χ1v) is 9.90. The Balaban J connectivity index is 2.06. The number of nitrogens with zero attached hydrogens (tertiary/aromatic N) is 2. The fourth-order valence-electron chi connectivity index (χ4n) is 3.40. The third-order valence-corrected chi connectivity index (χ3v) is 4.93. The van der Waals surface area contributed by atoms with Crippen LogP contribution in [0, 0.1) is 6.92 Å². The van der Waals surface area contributed by atoms with Crippen LogP contribution in [0.4, 0.5) is 5.69 Å². The second-order valence-electron chi connectivity index (χ2n) is 7.82. The van der Waals surface area contributed by atoms with Crippen LogP contribution in [0.25, 0.3) is 5.69 Å². The Hall–Kier alpha value is -3.21. The monoisotopic (exact) mass is 389 g/mol. The number of benzene rings is 2. The van der Waals surface area contributed by atoms with Crippen molar-refractivity contribution in [1.29, 1.82) is 0 Å². The van der Waals surface area contributed by atoms with Crippen LogP contribution in [0.15, 0.2) is 59.4 Å². The molecular formula is C24H27N3O2. The molecule has 0 aliphatic carbocycles. The molecular weight excluding hydrogens is 362 g/mol. The van der Waals surface area contributed by atoms with E-state index in [0.29, 0.717) is 5.69 Å². The van der Waals surface area contributed by atoms with Crippen LogP contribution in [-0.2, 0) is 0 Å². The molecule has 150 valence electrons. The van der Waals surface area contributed by atoms with Crippen molar-refractivity contribution in [3.05, 3.63) is 87.3 Å². The van der Waals surface area contributed by atoms with Crippen molar-refractivity contribution in [2.75, 3.05) is 5.32 Å². The van der Waals surface area contributed by atoms with Gasteiger partial charge in [-0.3, -0.25) is 9.59 Å². The van der Waals surface area contributed by atoms with E-state index in [9.17, 15) is 9.59 Å². The fourth-order valence-corrected chi connectivity index (χ4v) is 3.40. The van der Waals surface area contributed by atoms with Crippen molar-refractivity contribution in [2.24, 2.45) is 0 Å². The van der Waals surface area contributed by atoms with E-state index in [1.807, 2.05) is 48.5 Å². The molecule has 0 atom stereocenters. The van der Waals surface area contributed by atoms with Crippen molar-refractivity contribution < 1.29 is 4.79 Å². The Bertz CT molecular complexity index is 1060. The minimum atomic E-state index is -0.491. The molecule has 0 saturated carbocycles. The predicted octanol–water partition coefficient (Wildman–Crippen LogP) is 5.04. The number of carbonyl (C=O) groups is 1. The number of hydrogen-bond acceptors (Lipinski definition) is 3. The minimum Gasteiger partial charge on any atom is -0.320 e.